The topological polar surface area (TPSA) is 35.5 Å². The third-order valence-electron chi connectivity index (χ3n) is 3.54. The number of Topliss-reactive ketones (excluding diaryl/α,β-unsaturated/α-hetero) is 1. The number of methoxy groups -OCH3 is 1. The summed E-state index contributed by atoms with van der Waals surface area (Å²) >= 11 is 0. The molecule has 0 amide bonds. The zero-order chi connectivity index (χ0) is 15.3. The van der Waals surface area contributed by atoms with Gasteiger partial charge in [0.25, 0.3) is 0 Å². The van der Waals surface area contributed by atoms with Crippen molar-refractivity contribution in [2.75, 3.05) is 13.7 Å². The molecule has 0 heterocycles. The predicted molar refractivity (Wildman–Crippen MR) is 79.4 cm³/mol. The van der Waals surface area contributed by atoms with Crippen LogP contribution in [0.3, 0.4) is 0 Å². The minimum Gasteiger partial charge on any atom is -0.379 e. The Balaban J connectivity index is 4.10. The largest absolute Gasteiger partial charge is 0.379 e. The van der Waals surface area contributed by atoms with Crippen molar-refractivity contribution in [2.45, 2.75) is 78.9 Å². The van der Waals surface area contributed by atoms with Crippen molar-refractivity contribution in [3.05, 3.63) is 0 Å². The van der Waals surface area contributed by atoms with Crippen molar-refractivity contribution < 1.29 is 14.3 Å². The SMILES string of the molecule is COC(C)(C)CCOC(C)(C)CCC(=O)C(C)(C)C. The van der Waals surface area contributed by atoms with Gasteiger partial charge >= 0.3 is 0 Å². The van der Waals surface area contributed by atoms with Crippen molar-refractivity contribution in [3.8, 4) is 0 Å². The Morgan fingerprint density at radius 3 is 1.84 bits per heavy atom. The smallest absolute Gasteiger partial charge is 0.138 e. The maximum absolute atomic E-state index is 11.9. The third kappa shape index (κ3) is 8.38. The van der Waals surface area contributed by atoms with Gasteiger partial charge in [0.1, 0.15) is 5.78 Å². The molecule has 0 radical (unpaired) electrons. The molecule has 0 rings (SSSR count). The molecule has 19 heavy (non-hydrogen) atoms. The number of hydrogen-bond donors (Lipinski definition) is 0. The van der Waals surface area contributed by atoms with Crippen LogP contribution in [0.4, 0.5) is 0 Å². The summed E-state index contributed by atoms with van der Waals surface area (Å²) in [6.07, 6.45) is 2.18. The van der Waals surface area contributed by atoms with E-state index in [1.165, 1.54) is 0 Å². The van der Waals surface area contributed by atoms with E-state index < -0.39 is 0 Å². The molecular formula is C16H32O3. The highest BCUT2D eigenvalue weighted by Gasteiger charge is 2.26. The number of carbonyl (C=O) groups is 1. The minimum absolute atomic E-state index is 0.155. The summed E-state index contributed by atoms with van der Waals surface area (Å²) in [4.78, 5) is 11.9. The van der Waals surface area contributed by atoms with E-state index in [0.29, 0.717) is 18.8 Å². The van der Waals surface area contributed by atoms with Gasteiger partial charge in [-0.1, -0.05) is 20.8 Å². The molecule has 0 bridgehead atoms. The van der Waals surface area contributed by atoms with Crippen LogP contribution in [0.15, 0.2) is 0 Å². The molecule has 3 nitrogen and oxygen atoms in total. The summed E-state index contributed by atoms with van der Waals surface area (Å²) in [5, 5.41) is 0. The van der Waals surface area contributed by atoms with Gasteiger partial charge in [-0.15, -0.1) is 0 Å². The lowest BCUT2D eigenvalue weighted by Crippen LogP contribution is -2.31. The summed E-state index contributed by atoms with van der Waals surface area (Å²) in [5.74, 6) is 0.293. The Bertz CT molecular complexity index is 285. The van der Waals surface area contributed by atoms with E-state index in [1.807, 2.05) is 48.5 Å². The number of hydrogen-bond acceptors (Lipinski definition) is 3. The highest BCUT2D eigenvalue weighted by atomic mass is 16.5. The number of ketones is 1. The summed E-state index contributed by atoms with van der Waals surface area (Å²) in [5.41, 5.74) is -0.670. The molecule has 0 saturated carbocycles. The highest BCUT2D eigenvalue weighted by Crippen LogP contribution is 2.24. The van der Waals surface area contributed by atoms with Crippen molar-refractivity contribution in [3.63, 3.8) is 0 Å². The lowest BCUT2D eigenvalue weighted by molar-refractivity contribution is -0.128. The van der Waals surface area contributed by atoms with E-state index >= 15 is 0 Å². The van der Waals surface area contributed by atoms with E-state index in [1.54, 1.807) is 7.11 Å². The highest BCUT2D eigenvalue weighted by molar-refractivity contribution is 5.83. The second-order valence-electron chi connectivity index (χ2n) is 7.50. The molecule has 0 aromatic carbocycles. The number of ether oxygens (including phenoxy) is 2. The summed E-state index contributed by atoms with van der Waals surface area (Å²) in [7, 11) is 1.72. The van der Waals surface area contributed by atoms with Crippen molar-refractivity contribution in [2.24, 2.45) is 5.41 Å². The molecule has 0 N–H and O–H groups in total. The second kappa shape index (κ2) is 6.85. The molecule has 0 unspecified atom stereocenters. The van der Waals surface area contributed by atoms with E-state index in [9.17, 15) is 4.79 Å². The maximum Gasteiger partial charge on any atom is 0.138 e. The van der Waals surface area contributed by atoms with Crippen LogP contribution >= 0.6 is 0 Å². The van der Waals surface area contributed by atoms with E-state index in [4.69, 9.17) is 9.47 Å². The van der Waals surface area contributed by atoms with Crippen LogP contribution in [0.1, 0.15) is 67.7 Å². The Labute approximate surface area is 119 Å². The van der Waals surface area contributed by atoms with Crippen LogP contribution in [0, 0.1) is 5.41 Å². The first-order chi connectivity index (χ1) is 8.40. The van der Waals surface area contributed by atoms with E-state index in [2.05, 4.69) is 0 Å². The average Bonchev–Trinajstić information content (AvgIpc) is 2.24. The fourth-order valence-electron chi connectivity index (χ4n) is 1.54. The van der Waals surface area contributed by atoms with Gasteiger partial charge in [-0.2, -0.15) is 0 Å². The molecule has 114 valence electrons. The fourth-order valence-corrected chi connectivity index (χ4v) is 1.54. The number of rotatable bonds is 8. The third-order valence-corrected chi connectivity index (χ3v) is 3.54. The van der Waals surface area contributed by atoms with Gasteiger partial charge in [-0.3, -0.25) is 4.79 Å². The Morgan fingerprint density at radius 1 is 0.895 bits per heavy atom. The summed E-state index contributed by atoms with van der Waals surface area (Å²) in [6, 6.07) is 0. The molecule has 0 aromatic heterocycles. The number of carbonyl (C=O) groups excluding carboxylic acids is 1. The van der Waals surface area contributed by atoms with Crippen molar-refractivity contribution >= 4 is 5.78 Å². The first-order valence-corrected chi connectivity index (χ1v) is 7.12. The first-order valence-electron chi connectivity index (χ1n) is 7.12. The average molecular weight is 272 g/mol. The molecule has 0 aliphatic carbocycles. The molecule has 0 spiro atoms. The molecule has 0 aromatic rings. The van der Waals surface area contributed by atoms with Gasteiger partial charge in [-0.05, 0) is 40.5 Å². The molecule has 0 aliphatic heterocycles. The Kier molecular flexibility index (Phi) is 6.70. The zero-order valence-corrected chi connectivity index (χ0v) is 14.1. The minimum atomic E-state index is -0.259. The second-order valence-corrected chi connectivity index (χ2v) is 7.50. The van der Waals surface area contributed by atoms with Gasteiger partial charge in [0.15, 0.2) is 0 Å². The summed E-state index contributed by atoms with van der Waals surface area (Å²) in [6.45, 7) is 14.7. The molecule has 0 fully saturated rings. The van der Waals surface area contributed by atoms with Crippen LogP contribution < -0.4 is 0 Å². The van der Waals surface area contributed by atoms with Crippen molar-refractivity contribution in [1.82, 2.24) is 0 Å². The van der Waals surface area contributed by atoms with E-state index in [-0.39, 0.29) is 16.6 Å². The summed E-state index contributed by atoms with van der Waals surface area (Å²) < 4.78 is 11.3. The molecule has 0 aliphatic rings. The van der Waals surface area contributed by atoms with Crippen LogP contribution in [0.2, 0.25) is 0 Å². The van der Waals surface area contributed by atoms with Gasteiger partial charge in [-0.25, -0.2) is 0 Å². The molecule has 0 atom stereocenters. The lowest BCUT2D eigenvalue weighted by atomic mass is 9.86. The normalized spacial score (nSPS) is 13.7. The Morgan fingerprint density at radius 2 is 1.42 bits per heavy atom. The Hall–Kier alpha value is -0.410. The van der Waals surface area contributed by atoms with E-state index in [0.717, 1.165) is 12.8 Å². The molecule has 0 saturated heterocycles. The first kappa shape index (κ1) is 18.6. The van der Waals surface area contributed by atoms with Gasteiger partial charge < -0.3 is 9.47 Å². The van der Waals surface area contributed by atoms with Crippen molar-refractivity contribution in [1.29, 1.82) is 0 Å². The van der Waals surface area contributed by atoms with Gasteiger partial charge in [0, 0.05) is 18.9 Å². The molecular weight excluding hydrogens is 240 g/mol. The van der Waals surface area contributed by atoms with Gasteiger partial charge in [0.2, 0.25) is 0 Å². The molecule has 3 heteroatoms. The standard InChI is InChI=1S/C16H32O3/c1-14(2,3)13(17)9-10-16(6,7)19-12-11-15(4,5)18-8/h9-12H2,1-8H3. The van der Waals surface area contributed by atoms with Crippen LogP contribution in [-0.4, -0.2) is 30.7 Å². The van der Waals surface area contributed by atoms with Crippen LogP contribution in [0.25, 0.3) is 0 Å². The van der Waals surface area contributed by atoms with Crippen LogP contribution in [-0.2, 0) is 14.3 Å². The maximum atomic E-state index is 11.9. The fraction of sp³-hybridized carbons (Fsp3) is 0.938. The zero-order valence-electron chi connectivity index (χ0n) is 14.1. The quantitative estimate of drug-likeness (QED) is 0.670. The van der Waals surface area contributed by atoms with Crippen LogP contribution in [0.5, 0.6) is 0 Å². The van der Waals surface area contributed by atoms with Gasteiger partial charge in [0.05, 0.1) is 17.8 Å². The predicted octanol–water partition coefficient (Wildman–Crippen LogP) is 3.99. The lowest BCUT2D eigenvalue weighted by Gasteiger charge is -2.29. The monoisotopic (exact) mass is 272 g/mol.